The Morgan fingerprint density at radius 3 is 2.70 bits per heavy atom. The van der Waals surface area contributed by atoms with Crippen molar-refractivity contribution in [3.05, 3.63) is 45.1 Å². The molecule has 0 aliphatic rings. The molecular formula is C14H17N3O3. The molecule has 0 saturated carbocycles. The summed E-state index contributed by atoms with van der Waals surface area (Å²) in [7, 11) is 0. The van der Waals surface area contributed by atoms with E-state index in [0.29, 0.717) is 10.9 Å². The van der Waals surface area contributed by atoms with Crippen molar-refractivity contribution in [3.8, 4) is 0 Å². The van der Waals surface area contributed by atoms with E-state index >= 15 is 0 Å². The largest absolute Gasteiger partial charge is 0.354 e. The molecule has 106 valence electrons. The van der Waals surface area contributed by atoms with E-state index in [1.807, 2.05) is 0 Å². The van der Waals surface area contributed by atoms with Gasteiger partial charge < -0.3 is 10.3 Å². The minimum Gasteiger partial charge on any atom is -0.354 e. The van der Waals surface area contributed by atoms with Crippen LogP contribution in [-0.4, -0.2) is 22.0 Å². The van der Waals surface area contributed by atoms with Crippen LogP contribution in [-0.2, 0) is 11.3 Å². The predicted molar refractivity (Wildman–Crippen MR) is 76.7 cm³/mol. The van der Waals surface area contributed by atoms with Gasteiger partial charge in [0.2, 0.25) is 5.91 Å². The predicted octanol–water partition coefficient (Wildman–Crippen LogP) is 0.462. The van der Waals surface area contributed by atoms with Crippen molar-refractivity contribution >= 4 is 16.8 Å². The molecule has 0 bridgehead atoms. The van der Waals surface area contributed by atoms with Crippen molar-refractivity contribution in [1.29, 1.82) is 0 Å². The SMILES string of the molecule is CC(C)C(=O)NCCn1c(=O)[nH]c2ccccc2c1=O. The van der Waals surface area contributed by atoms with E-state index in [1.165, 1.54) is 0 Å². The summed E-state index contributed by atoms with van der Waals surface area (Å²) in [4.78, 5) is 38.1. The highest BCUT2D eigenvalue weighted by molar-refractivity contribution is 5.78. The molecule has 2 rings (SSSR count). The Morgan fingerprint density at radius 2 is 2.00 bits per heavy atom. The van der Waals surface area contributed by atoms with Gasteiger partial charge in [-0.05, 0) is 12.1 Å². The number of hydrogen-bond acceptors (Lipinski definition) is 3. The second-order valence-electron chi connectivity index (χ2n) is 4.88. The number of rotatable bonds is 4. The van der Waals surface area contributed by atoms with Crippen molar-refractivity contribution in [2.75, 3.05) is 6.54 Å². The van der Waals surface area contributed by atoms with E-state index in [9.17, 15) is 14.4 Å². The fourth-order valence-corrected chi connectivity index (χ4v) is 1.90. The molecule has 1 aromatic heterocycles. The summed E-state index contributed by atoms with van der Waals surface area (Å²) in [6.07, 6.45) is 0. The Hall–Kier alpha value is -2.37. The Kier molecular flexibility index (Phi) is 4.02. The lowest BCUT2D eigenvalue weighted by Gasteiger charge is -2.09. The van der Waals surface area contributed by atoms with Gasteiger partial charge in [0.05, 0.1) is 10.9 Å². The van der Waals surface area contributed by atoms with Crippen LogP contribution in [0.3, 0.4) is 0 Å². The van der Waals surface area contributed by atoms with Gasteiger partial charge in [0.25, 0.3) is 5.56 Å². The monoisotopic (exact) mass is 275 g/mol. The lowest BCUT2D eigenvalue weighted by molar-refractivity contribution is -0.124. The number of aromatic amines is 1. The molecule has 0 atom stereocenters. The van der Waals surface area contributed by atoms with Crippen LogP contribution in [0.15, 0.2) is 33.9 Å². The van der Waals surface area contributed by atoms with E-state index < -0.39 is 5.69 Å². The van der Waals surface area contributed by atoms with Crippen molar-refractivity contribution in [2.45, 2.75) is 20.4 Å². The molecular weight excluding hydrogens is 258 g/mol. The number of nitrogens with one attached hydrogen (secondary N) is 2. The molecule has 2 N–H and O–H groups in total. The Labute approximate surface area is 115 Å². The first-order valence-corrected chi connectivity index (χ1v) is 6.50. The van der Waals surface area contributed by atoms with Crippen LogP contribution in [0.2, 0.25) is 0 Å². The highest BCUT2D eigenvalue weighted by Crippen LogP contribution is 2.02. The molecule has 1 amide bonds. The van der Waals surface area contributed by atoms with Crippen LogP contribution in [0.4, 0.5) is 0 Å². The van der Waals surface area contributed by atoms with Crippen molar-refractivity contribution < 1.29 is 4.79 Å². The molecule has 0 spiro atoms. The molecule has 0 fully saturated rings. The molecule has 0 radical (unpaired) electrons. The summed E-state index contributed by atoms with van der Waals surface area (Å²) in [5.74, 6) is -0.225. The number of nitrogens with zero attached hydrogens (tertiary/aromatic N) is 1. The van der Waals surface area contributed by atoms with Crippen LogP contribution < -0.4 is 16.6 Å². The van der Waals surface area contributed by atoms with Crippen LogP contribution in [0, 0.1) is 5.92 Å². The number of H-pyrrole nitrogens is 1. The zero-order valence-corrected chi connectivity index (χ0v) is 11.5. The first kappa shape index (κ1) is 14.0. The summed E-state index contributed by atoms with van der Waals surface area (Å²) in [6.45, 7) is 3.96. The van der Waals surface area contributed by atoms with Gasteiger partial charge >= 0.3 is 5.69 Å². The third kappa shape index (κ3) is 2.79. The molecule has 2 aromatic rings. The zero-order chi connectivity index (χ0) is 14.7. The van der Waals surface area contributed by atoms with Gasteiger partial charge in [-0.1, -0.05) is 26.0 Å². The summed E-state index contributed by atoms with van der Waals surface area (Å²) in [6, 6.07) is 6.84. The normalized spacial score (nSPS) is 10.9. The lowest BCUT2D eigenvalue weighted by atomic mass is 10.2. The number of fused-ring (bicyclic) bond motifs is 1. The number of benzene rings is 1. The smallest absolute Gasteiger partial charge is 0.328 e. The molecule has 0 aliphatic carbocycles. The van der Waals surface area contributed by atoms with E-state index in [4.69, 9.17) is 0 Å². The molecule has 0 unspecified atom stereocenters. The molecule has 1 aromatic carbocycles. The number of carbonyl (C=O) groups is 1. The fraction of sp³-hybridized carbons (Fsp3) is 0.357. The minimum atomic E-state index is -0.465. The van der Waals surface area contributed by atoms with Gasteiger partial charge in [0, 0.05) is 19.0 Å². The highest BCUT2D eigenvalue weighted by atomic mass is 16.2. The molecule has 0 aliphatic heterocycles. The molecule has 20 heavy (non-hydrogen) atoms. The number of para-hydroxylation sites is 1. The Bertz CT molecular complexity index is 743. The fourth-order valence-electron chi connectivity index (χ4n) is 1.90. The maximum Gasteiger partial charge on any atom is 0.328 e. The molecule has 6 nitrogen and oxygen atoms in total. The second-order valence-corrected chi connectivity index (χ2v) is 4.88. The van der Waals surface area contributed by atoms with E-state index in [2.05, 4.69) is 10.3 Å². The summed E-state index contributed by atoms with van der Waals surface area (Å²) in [5, 5.41) is 3.14. The number of amides is 1. The van der Waals surface area contributed by atoms with Gasteiger partial charge in [-0.15, -0.1) is 0 Å². The molecule has 6 heteroatoms. The lowest BCUT2D eigenvalue weighted by Crippen LogP contribution is -2.39. The summed E-state index contributed by atoms with van der Waals surface area (Å²) in [5.41, 5.74) is -0.291. The number of aromatic nitrogens is 2. The van der Waals surface area contributed by atoms with Gasteiger partial charge in [-0.25, -0.2) is 4.79 Å². The van der Waals surface area contributed by atoms with Crippen molar-refractivity contribution in [3.63, 3.8) is 0 Å². The van der Waals surface area contributed by atoms with Gasteiger partial charge in [0.1, 0.15) is 0 Å². The maximum absolute atomic E-state index is 12.2. The van der Waals surface area contributed by atoms with Crippen molar-refractivity contribution in [1.82, 2.24) is 14.9 Å². The zero-order valence-electron chi connectivity index (χ0n) is 11.5. The number of hydrogen-bond donors (Lipinski definition) is 2. The quantitative estimate of drug-likeness (QED) is 0.850. The van der Waals surface area contributed by atoms with Gasteiger partial charge in [0.15, 0.2) is 0 Å². The standard InChI is InChI=1S/C14H17N3O3/c1-9(2)12(18)15-7-8-17-13(19)10-5-3-4-6-11(10)16-14(17)20/h3-6,9H,7-8H2,1-2H3,(H,15,18)(H,16,20). The number of carbonyl (C=O) groups excluding carboxylic acids is 1. The highest BCUT2D eigenvalue weighted by Gasteiger charge is 2.09. The summed E-state index contributed by atoms with van der Waals surface area (Å²) >= 11 is 0. The Balaban J connectivity index is 2.25. The third-order valence-corrected chi connectivity index (χ3v) is 3.05. The van der Waals surface area contributed by atoms with Gasteiger partial charge in [-0.2, -0.15) is 0 Å². The first-order chi connectivity index (χ1) is 9.50. The molecule has 0 saturated heterocycles. The topological polar surface area (TPSA) is 84.0 Å². The Morgan fingerprint density at radius 1 is 1.30 bits per heavy atom. The van der Waals surface area contributed by atoms with Crippen molar-refractivity contribution in [2.24, 2.45) is 5.92 Å². The average Bonchev–Trinajstić information content (AvgIpc) is 2.42. The van der Waals surface area contributed by atoms with E-state index in [1.54, 1.807) is 38.1 Å². The molecule has 1 heterocycles. The summed E-state index contributed by atoms with van der Waals surface area (Å²) < 4.78 is 1.10. The second kappa shape index (κ2) is 5.73. The van der Waals surface area contributed by atoms with Crippen LogP contribution >= 0.6 is 0 Å². The average molecular weight is 275 g/mol. The third-order valence-electron chi connectivity index (χ3n) is 3.05. The van der Waals surface area contributed by atoms with Gasteiger partial charge in [-0.3, -0.25) is 14.2 Å². The minimum absolute atomic E-state index is 0.102. The first-order valence-electron chi connectivity index (χ1n) is 6.50. The van der Waals surface area contributed by atoms with E-state index in [-0.39, 0.29) is 30.5 Å². The van der Waals surface area contributed by atoms with Crippen LogP contribution in [0.5, 0.6) is 0 Å². The van der Waals surface area contributed by atoms with Crippen LogP contribution in [0.25, 0.3) is 10.9 Å². The van der Waals surface area contributed by atoms with Crippen LogP contribution in [0.1, 0.15) is 13.8 Å². The van der Waals surface area contributed by atoms with E-state index in [0.717, 1.165) is 4.57 Å². The maximum atomic E-state index is 12.2.